The molecule has 0 atom stereocenters. The van der Waals surface area contributed by atoms with Crippen LogP contribution in [0.1, 0.15) is 46.9 Å². The summed E-state index contributed by atoms with van der Waals surface area (Å²) in [6.07, 6.45) is 1.61. The van der Waals surface area contributed by atoms with E-state index in [2.05, 4.69) is 48.5 Å². The summed E-state index contributed by atoms with van der Waals surface area (Å²) in [5.41, 5.74) is 3.10. The lowest BCUT2D eigenvalue weighted by atomic mass is 9.78. The molecular formula is C31H26Cl3N3O3. The molecule has 0 saturated carbocycles. The fraction of sp³-hybridized carbons (Fsp3) is 0.161. The van der Waals surface area contributed by atoms with Crippen LogP contribution in [0, 0.1) is 0 Å². The maximum absolute atomic E-state index is 12.8. The lowest BCUT2D eigenvalue weighted by Crippen LogP contribution is -2.18. The van der Waals surface area contributed by atoms with E-state index in [9.17, 15) is 4.79 Å². The van der Waals surface area contributed by atoms with Gasteiger partial charge in [0, 0.05) is 21.7 Å². The third kappa shape index (κ3) is 6.36. The SMILES string of the molecule is CC(C)(c1ccccc1)c1ccc(OCc2ccc(C(=O)Nc3nn(Cc4ccc(Cl)cc4Cl)cc3Cl)o2)cc1. The first-order valence-corrected chi connectivity index (χ1v) is 13.7. The summed E-state index contributed by atoms with van der Waals surface area (Å²) < 4.78 is 13.2. The van der Waals surface area contributed by atoms with E-state index in [0.717, 1.165) is 5.56 Å². The largest absolute Gasteiger partial charge is 0.486 e. The van der Waals surface area contributed by atoms with Gasteiger partial charge in [-0.2, -0.15) is 5.10 Å². The minimum atomic E-state index is -0.476. The molecule has 0 radical (unpaired) electrons. The molecule has 3 aromatic carbocycles. The number of anilines is 1. The number of halogens is 3. The standard InChI is InChI=1S/C31H26Cl3N3O3/c1-31(2,21-6-4-3-5-7-21)22-9-12-24(13-10-22)39-19-25-14-15-28(40-25)30(38)35-29-27(34)18-37(36-29)17-20-8-11-23(32)16-26(20)33/h3-16,18H,17,19H2,1-2H3,(H,35,36,38). The van der Waals surface area contributed by atoms with Crippen molar-refractivity contribution in [2.24, 2.45) is 0 Å². The molecule has 1 amide bonds. The zero-order valence-corrected chi connectivity index (χ0v) is 24.1. The molecule has 0 saturated heterocycles. The van der Waals surface area contributed by atoms with Crippen molar-refractivity contribution in [3.8, 4) is 5.75 Å². The monoisotopic (exact) mass is 593 g/mol. The van der Waals surface area contributed by atoms with Gasteiger partial charge in [0.05, 0.1) is 6.54 Å². The van der Waals surface area contributed by atoms with Crippen LogP contribution in [0.25, 0.3) is 0 Å². The number of carbonyl (C=O) groups excluding carboxylic acids is 1. The van der Waals surface area contributed by atoms with Crippen molar-refractivity contribution in [1.29, 1.82) is 0 Å². The lowest BCUT2D eigenvalue weighted by Gasteiger charge is -2.26. The molecule has 9 heteroatoms. The van der Waals surface area contributed by atoms with Gasteiger partial charge >= 0.3 is 0 Å². The minimum absolute atomic E-state index is 0.116. The number of nitrogens with one attached hydrogen (secondary N) is 1. The van der Waals surface area contributed by atoms with Crippen LogP contribution in [0.2, 0.25) is 15.1 Å². The average molecular weight is 595 g/mol. The molecule has 204 valence electrons. The van der Waals surface area contributed by atoms with Gasteiger partial charge < -0.3 is 14.5 Å². The summed E-state index contributed by atoms with van der Waals surface area (Å²) in [5, 5.41) is 8.39. The Hall–Kier alpha value is -3.71. The first-order valence-electron chi connectivity index (χ1n) is 12.5. The summed E-state index contributed by atoms with van der Waals surface area (Å²) in [6.45, 7) is 4.92. The van der Waals surface area contributed by atoms with Crippen molar-refractivity contribution in [2.75, 3.05) is 5.32 Å². The van der Waals surface area contributed by atoms with Crippen molar-refractivity contribution in [3.63, 3.8) is 0 Å². The van der Waals surface area contributed by atoms with E-state index in [1.165, 1.54) is 11.1 Å². The summed E-state index contributed by atoms with van der Waals surface area (Å²) >= 11 is 18.5. The highest BCUT2D eigenvalue weighted by molar-refractivity contribution is 6.35. The number of benzene rings is 3. The van der Waals surface area contributed by atoms with Crippen molar-refractivity contribution in [1.82, 2.24) is 9.78 Å². The number of furan rings is 1. The Morgan fingerprint density at radius 1 is 0.925 bits per heavy atom. The third-order valence-electron chi connectivity index (χ3n) is 6.63. The smallest absolute Gasteiger partial charge is 0.292 e. The number of hydrogen-bond donors (Lipinski definition) is 1. The zero-order valence-electron chi connectivity index (χ0n) is 21.8. The molecule has 0 aliphatic carbocycles. The molecule has 1 N–H and O–H groups in total. The topological polar surface area (TPSA) is 69.3 Å². The van der Waals surface area contributed by atoms with Gasteiger partial charge in [-0.3, -0.25) is 9.48 Å². The van der Waals surface area contributed by atoms with Gasteiger partial charge in [0.1, 0.15) is 23.1 Å². The van der Waals surface area contributed by atoms with Gasteiger partial charge in [-0.05, 0) is 53.1 Å². The fourth-order valence-corrected chi connectivity index (χ4v) is 4.94. The molecule has 0 spiro atoms. The van der Waals surface area contributed by atoms with Crippen molar-refractivity contribution >= 4 is 46.5 Å². The number of hydrogen-bond acceptors (Lipinski definition) is 4. The van der Waals surface area contributed by atoms with Gasteiger partial charge in [-0.1, -0.05) is 97.2 Å². The highest BCUT2D eigenvalue weighted by Crippen LogP contribution is 2.32. The van der Waals surface area contributed by atoms with E-state index in [-0.39, 0.29) is 28.6 Å². The Bertz CT molecular complexity index is 1630. The van der Waals surface area contributed by atoms with Gasteiger partial charge in [-0.15, -0.1) is 0 Å². The highest BCUT2D eigenvalue weighted by Gasteiger charge is 2.23. The molecule has 0 bridgehead atoms. The fourth-order valence-electron chi connectivity index (χ4n) is 4.28. The summed E-state index contributed by atoms with van der Waals surface area (Å²) in [5.74, 6) is 1.06. The predicted molar refractivity (Wildman–Crippen MR) is 159 cm³/mol. The summed E-state index contributed by atoms with van der Waals surface area (Å²) in [4.78, 5) is 12.8. The normalized spacial score (nSPS) is 11.4. The van der Waals surface area contributed by atoms with E-state index in [1.807, 2.05) is 36.4 Å². The Kier molecular flexibility index (Phi) is 8.22. The van der Waals surface area contributed by atoms with E-state index >= 15 is 0 Å². The summed E-state index contributed by atoms with van der Waals surface area (Å²) in [7, 11) is 0. The van der Waals surface area contributed by atoms with Crippen LogP contribution in [0.5, 0.6) is 5.75 Å². The molecule has 40 heavy (non-hydrogen) atoms. The van der Waals surface area contributed by atoms with Crippen LogP contribution in [0.3, 0.4) is 0 Å². The molecular weight excluding hydrogens is 569 g/mol. The Labute approximate surface area is 247 Å². The maximum atomic E-state index is 12.8. The van der Waals surface area contributed by atoms with Crippen molar-refractivity contribution in [2.45, 2.75) is 32.4 Å². The van der Waals surface area contributed by atoms with Crippen LogP contribution in [-0.4, -0.2) is 15.7 Å². The van der Waals surface area contributed by atoms with Gasteiger partial charge in [0.25, 0.3) is 5.91 Å². The quantitative estimate of drug-likeness (QED) is 0.185. The first kappa shape index (κ1) is 27.8. The molecule has 2 aromatic heterocycles. The minimum Gasteiger partial charge on any atom is -0.486 e. The Morgan fingerprint density at radius 2 is 1.65 bits per heavy atom. The van der Waals surface area contributed by atoms with Gasteiger partial charge in [-0.25, -0.2) is 0 Å². The molecule has 0 fully saturated rings. The number of amides is 1. The van der Waals surface area contributed by atoms with Crippen LogP contribution >= 0.6 is 34.8 Å². The van der Waals surface area contributed by atoms with Gasteiger partial charge in [0.2, 0.25) is 0 Å². The van der Waals surface area contributed by atoms with Gasteiger partial charge in [0.15, 0.2) is 11.6 Å². The maximum Gasteiger partial charge on any atom is 0.292 e. The van der Waals surface area contributed by atoms with E-state index in [0.29, 0.717) is 28.1 Å². The first-order chi connectivity index (χ1) is 19.2. The molecule has 0 aliphatic heterocycles. The Balaban J connectivity index is 1.18. The second-order valence-corrected chi connectivity index (χ2v) is 11.0. The average Bonchev–Trinajstić information content (AvgIpc) is 3.56. The van der Waals surface area contributed by atoms with Crippen LogP contribution in [0.15, 0.2) is 95.5 Å². The number of nitrogens with zero attached hydrogens (tertiary/aromatic N) is 2. The van der Waals surface area contributed by atoms with Crippen molar-refractivity contribution < 1.29 is 13.9 Å². The number of aromatic nitrogens is 2. The zero-order chi connectivity index (χ0) is 28.3. The molecule has 5 aromatic rings. The van der Waals surface area contributed by atoms with E-state index in [1.54, 1.807) is 35.1 Å². The van der Waals surface area contributed by atoms with E-state index in [4.69, 9.17) is 44.0 Å². The molecule has 5 rings (SSSR count). The number of ether oxygens (including phenoxy) is 1. The third-order valence-corrected chi connectivity index (χ3v) is 7.50. The van der Waals surface area contributed by atoms with Crippen LogP contribution in [0.4, 0.5) is 5.82 Å². The van der Waals surface area contributed by atoms with E-state index < -0.39 is 5.91 Å². The predicted octanol–water partition coefficient (Wildman–Crippen LogP) is 8.64. The molecule has 6 nitrogen and oxygen atoms in total. The lowest BCUT2D eigenvalue weighted by molar-refractivity contribution is 0.0992. The highest BCUT2D eigenvalue weighted by atomic mass is 35.5. The molecule has 0 unspecified atom stereocenters. The van der Waals surface area contributed by atoms with Crippen LogP contribution < -0.4 is 10.1 Å². The molecule has 2 heterocycles. The van der Waals surface area contributed by atoms with Crippen LogP contribution in [-0.2, 0) is 18.6 Å². The van der Waals surface area contributed by atoms with Crippen molar-refractivity contribution in [3.05, 3.63) is 134 Å². The second kappa shape index (κ2) is 11.8. The second-order valence-electron chi connectivity index (χ2n) is 9.78. The molecule has 0 aliphatic rings. The Morgan fingerprint density at radius 3 is 2.38 bits per heavy atom. The number of carbonyl (C=O) groups is 1. The summed E-state index contributed by atoms with van der Waals surface area (Å²) in [6, 6.07) is 26.9. The number of rotatable bonds is 9.